The van der Waals surface area contributed by atoms with Crippen LogP contribution in [0.25, 0.3) is 0 Å². The lowest BCUT2D eigenvalue weighted by atomic mass is 9.86. The van der Waals surface area contributed by atoms with Gasteiger partial charge in [-0.25, -0.2) is 8.42 Å². The molecular formula is C22H30N2O3S2. The van der Waals surface area contributed by atoms with Gasteiger partial charge in [-0.1, -0.05) is 51.1 Å². The Kier molecular flexibility index (Phi) is 7.40. The molecule has 0 bridgehead atoms. The highest BCUT2D eigenvalue weighted by Gasteiger charge is 2.22. The van der Waals surface area contributed by atoms with E-state index in [1.807, 2.05) is 31.4 Å². The summed E-state index contributed by atoms with van der Waals surface area (Å²) < 4.78 is 25.7. The largest absolute Gasteiger partial charge is 0.348 e. The van der Waals surface area contributed by atoms with E-state index in [-0.39, 0.29) is 23.9 Å². The topological polar surface area (TPSA) is 66.5 Å². The zero-order valence-electron chi connectivity index (χ0n) is 17.9. The number of anilines is 1. The second-order valence-electron chi connectivity index (χ2n) is 8.13. The molecule has 1 amide bonds. The molecule has 2 aromatic carbocycles. The number of thioether (sulfide) groups is 1. The first-order chi connectivity index (χ1) is 13.4. The van der Waals surface area contributed by atoms with Crippen molar-refractivity contribution in [1.82, 2.24) is 5.32 Å². The fraction of sp³-hybridized carbons (Fsp3) is 0.409. The van der Waals surface area contributed by atoms with Crippen LogP contribution in [-0.2, 0) is 20.2 Å². The highest BCUT2D eigenvalue weighted by Crippen LogP contribution is 2.25. The molecule has 29 heavy (non-hydrogen) atoms. The quantitative estimate of drug-likeness (QED) is 0.658. The van der Waals surface area contributed by atoms with Crippen LogP contribution >= 0.6 is 11.8 Å². The summed E-state index contributed by atoms with van der Waals surface area (Å²) >= 11 is 1.52. The summed E-state index contributed by atoms with van der Waals surface area (Å²) in [5.74, 6) is -0.350. The van der Waals surface area contributed by atoms with Gasteiger partial charge in [0.1, 0.15) is 6.54 Å². The summed E-state index contributed by atoms with van der Waals surface area (Å²) in [4.78, 5) is 13.5. The minimum absolute atomic E-state index is 0.0618. The molecule has 0 fully saturated rings. The van der Waals surface area contributed by atoms with Crippen molar-refractivity contribution in [3.05, 3.63) is 59.7 Å². The van der Waals surface area contributed by atoms with Crippen LogP contribution in [0.5, 0.6) is 0 Å². The van der Waals surface area contributed by atoms with Gasteiger partial charge in [0.05, 0.1) is 18.0 Å². The number of nitrogens with zero attached hydrogens (tertiary/aromatic N) is 1. The Morgan fingerprint density at radius 1 is 1.14 bits per heavy atom. The Labute approximate surface area is 178 Å². The highest BCUT2D eigenvalue weighted by atomic mass is 32.2. The molecule has 0 aliphatic rings. The van der Waals surface area contributed by atoms with Gasteiger partial charge >= 0.3 is 0 Å². The summed E-state index contributed by atoms with van der Waals surface area (Å²) in [7, 11) is -3.60. The smallest absolute Gasteiger partial charge is 0.241 e. The Morgan fingerprint density at radius 3 is 2.28 bits per heavy atom. The van der Waals surface area contributed by atoms with Crippen LogP contribution in [-0.4, -0.2) is 33.4 Å². The molecule has 2 rings (SSSR count). The number of hydrogen-bond donors (Lipinski definition) is 1. The van der Waals surface area contributed by atoms with Gasteiger partial charge in [-0.2, -0.15) is 0 Å². The average Bonchev–Trinajstić information content (AvgIpc) is 2.64. The molecule has 0 aliphatic heterocycles. The highest BCUT2D eigenvalue weighted by molar-refractivity contribution is 7.98. The van der Waals surface area contributed by atoms with Crippen LogP contribution < -0.4 is 9.62 Å². The fourth-order valence-electron chi connectivity index (χ4n) is 2.94. The number of sulfonamides is 1. The van der Waals surface area contributed by atoms with Crippen LogP contribution in [0, 0.1) is 0 Å². The molecule has 0 saturated carbocycles. The summed E-state index contributed by atoms with van der Waals surface area (Å²) in [5, 5.41) is 2.91. The molecule has 7 heteroatoms. The van der Waals surface area contributed by atoms with E-state index >= 15 is 0 Å². The average molecular weight is 435 g/mol. The third-order valence-electron chi connectivity index (χ3n) is 4.68. The van der Waals surface area contributed by atoms with Crippen LogP contribution in [0.4, 0.5) is 5.69 Å². The SMILES string of the molecule is CSc1cccc(N(CC(=O)N[C@H](C)c2ccc(C(C)(C)C)cc2)S(C)(=O)=O)c1. The fourth-order valence-corrected chi connectivity index (χ4v) is 4.24. The monoisotopic (exact) mass is 434 g/mol. The van der Waals surface area contributed by atoms with Gasteiger partial charge in [0.15, 0.2) is 0 Å². The van der Waals surface area contributed by atoms with Crippen LogP contribution in [0.15, 0.2) is 53.4 Å². The van der Waals surface area contributed by atoms with Crippen molar-refractivity contribution < 1.29 is 13.2 Å². The lowest BCUT2D eigenvalue weighted by Crippen LogP contribution is -2.41. The van der Waals surface area contributed by atoms with E-state index in [4.69, 9.17) is 0 Å². The van der Waals surface area contributed by atoms with Crippen molar-refractivity contribution in [3.8, 4) is 0 Å². The predicted octanol–water partition coefficient (Wildman–Crippen LogP) is 4.35. The molecule has 1 atom stereocenters. The van der Waals surface area contributed by atoms with Crippen molar-refractivity contribution in [1.29, 1.82) is 0 Å². The molecule has 158 valence electrons. The van der Waals surface area contributed by atoms with E-state index in [1.54, 1.807) is 18.2 Å². The van der Waals surface area contributed by atoms with Crippen molar-refractivity contribution in [2.45, 2.75) is 44.0 Å². The van der Waals surface area contributed by atoms with Crippen molar-refractivity contribution in [3.63, 3.8) is 0 Å². The Balaban J connectivity index is 2.13. The number of carbonyl (C=O) groups is 1. The maximum atomic E-state index is 12.6. The molecule has 0 heterocycles. The first-order valence-electron chi connectivity index (χ1n) is 9.43. The molecule has 0 unspecified atom stereocenters. The van der Waals surface area contributed by atoms with E-state index in [2.05, 4.69) is 38.2 Å². The number of rotatable bonds is 7. The third kappa shape index (κ3) is 6.51. The first-order valence-corrected chi connectivity index (χ1v) is 12.5. The predicted molar refractivity (Wildman–Crippen MR) is 122 cm³/mol. The Bertz CT molecular complexity index is 949. The molecule has 0 aliphatic carbocycles. The summed E-state index contributed by atoms with van der Waals surface area (Å²) in [6.45, 7) is 8.08. The number of amides is 1. The third-order valence-corrected chi connectivity index (χ3v) is 6.55. The van der Waals surface area contributed by atoms with Gasteiger partial charge in [0.25, 0.3) is 0 Å². The lowest BCUT2D eigenvalue weighted by molar-refractivity contribution is -0.120. The molecule has 0 spiro atoms. The van der Waals surface area contributed by atoms with Gasteiger partial charge in [0, 0.05) is 4.90 Å². The molecule has 2 aromatic rings. The number of hydrogen-bond acceptors (Lipinski definition) is 4. The molecule has 0 radical (unpaired) electrons. The zero-order valence-corrected chi connectivity index (χ0v) is 19.5. The summed E-state index contributed by atoms with van der Waals surface area (Å²) in [6, 6.07) is 15.1. The molecule has 0 aromatic heterocycles. The van der Waals surface area contributed by atoms with E-state index in [0.717, 1.165) is 21.0 Å². The second kappa shape index (κ2) is 9.22. The Morgan fingerprint density at radius 2 is 1.76 bits per heavy atom. The number of benzene rings is 2. The molecule has 1 N–H and O–H groups in total. The van der Waals surface area contributed by atoms with Crippen LogP contribution in [0.3, 0.4) is 0 Å². The molecular weight excluding hydrogens is 404 g/mol. The van der Waals surface area contributed by atoms with Gasteiger partial charge < -0.3 is 5.32 Å². The van der Waals surface area contributed by atoms with Crippen LogP contribution in [0.1, 0.15) is 44.9 Å². The molecule has 5 nitrogen and oxygen atoms in total. The number of nitrogens with one attached hydrogen (secondary N) is 1. The standard InChI is InChI=1S/C22H30N2O3S2/c1-16(17-10-12-18(13-11-17)22(2,3)4)23-21(25)15-24(29(6,26)27)19-8-7-9-20(14-19)28-5/h7-14,16H,15H2,1-6H3,(H,23,25)/t16-/m1/s1. The van der Waals surface area contributed by atoms with Crippen LogP contribution in [0.2, 0.25) is 0 Å². The maximum Gasteiger partial charge on any atom is 0.241 e. The Hall–Kier alpha value is -1.99. The normalized spacial score (nSPS) is 13.0. The van der Waals surface area contributed by atoms with Gasteiger partial charge in [-0.15, -0.1) is 11.8 Å². The van der Waals surface area contributed by atoms with Gasteiger partial charge in [-0.05, 0) is 47.9 Å². The van der Waals surface area contributed by atoms with Gasteiger partial charge in [0.2, 0.25) is 15.9 Å². The minimum atomic E-state index is -3.60. The maximum absolute atomic E-state index is 12.6. The van der Waals surface area contributed by atoms with E-state index in [0.29, 0.717) is 5.69 Å². The molecule has 0 saturated heterocycles. The van der Waals surface area contributed by atoms with Crippen molar-refractivity contribution >= 4 is 33.4 Å². The lowest BCUT2D eigenvalue weighted by Gasteiger charge is -2.24. The van der Waals surface area contributed by atoms with E-state index in [9.17, 15) is 13.2 Å². The van der Waals surface area contributed by atoms with Crippen molar-refractivity contribution in [2.75, 3.05) is 23.4 Å². The second-order valence-corrected chi connectivity index (χ2v) is 10.9. The number of carbonyl (C=O) groups excluding carboxylic acids is 1. The zero-order chi connectivity index (χ0) is 21.8. The van der Waals surface area contributed by atoms with Crippen molar-refractivity contribution in [2.24, 2.45) is 0 Å². The minimum Gasteiger partial charge on any atom is -0.348 e. The summed E-state index contributed by atoms with van der Waals surface area (Å²) in [5.41, 5.74) is 2.74. The van der Waals surface area contributed by atoms with E-state index in [1.165, 1.54) is 17.3 Å². The first kappa shape index (κ1) is 23.3. The summed E-state index contributed by atoms with van der Waals surface area (Å²) in [6.07, 6.45) is 3.03. The van der Waals surface area contributed by atoms with E-state index < -0.39 is 10.0 Å². The van der Waals surface area contributed by atoms with Gasteiger partial charge in [-0.3, -0.25) is 9.10 Å².